The van der Waals surface area contributed by atoms with Crippen molar-refractivity contribution in [3.05, 3.63) is 0 Å². The lowest BCUT2D eigenvalue weighted by atomic mass is 10.2. The highest BCUT2D eigenvalue weighted by atomic mass is 35.5. The van der Waals surface area contributed by atoms with Crippen LogP contribution >= 0.6 is 11.6 Å². The molecule has 4 nitrogen and oxygen atoms in total. The SMILES string of the molecule is O=C(CCl)OCOC1CCCCO1. The van der Waals surface area contributed by atoms with Crippen LogP contribution in [0.5, 0.6) is 0 Å². The highest BCUT2D eigenvalue weighted by Gasteiger charge is 2.14. The van der Waals surface area contributed by atoms with E-state index < -0.39 is 5.97 Å². The van der Waals surface area contributed by atoms with Crippen LogP contribution in [0.15, 0.2) is 0 Å². The lowest BCUT2D eigenvalue weighted by Crippen LogP contribution is -2.24. The van der Waals surface area contributed by atoms with Gasteiger partial charge in [-0.15, -0.1) is 11.6 Å². The third-order valence-corrected chi connectivity index (χ3v) is 1.94. The maximum absolute atomic E-state index is 10.6. The Balaban J connectivity index is 2.01. The van der Waals surface area contributed by atoms with Crippen LogP contribution < -0.4 is 0 Å². The van der Waals surface area contributed by atoms with Gasteiger partial charge in [0, 0.05) is 6.61 Å². The molecule has 0 aromatic rings. The quantitative estimate of drug-likeness (QED) is 0.397. The molecule has 0 saturated carbocycles. The molecular weight excluding hydrogens is 196 g/mol. The first-order valence-electron chi connectivity index (χ1n) is 4.27. The van der Waals surface area contributed by atoms with Gasteiger partial charge in [0.25, 0.3) is 0 Å². The zero-order chi connectivity index (χ0) is 9.52. The van der Waals surface area contributed by atoms with E-state index in [4.69, 9.17) is 21.1 Å². The van der Waals surface area contributed by atoms with Crippen LogP contribution in [0.4, 0.5) is 0 Å². The van der Waals surface area contributed by atoms with Gasteiger partial charge in [-0.2, -0.15) is 0 Å². The number of ether oxygens (including phenoxy) is 3. The van der Waals surface area contributed by atoms with Gasteiger partial charge in [0.2, 0.25) is 0 Å². The third kappa shape index (κ3) is 4.45. The Morgan fingerprint density at radius 3 is 3.00 bits per heavy atom. The second kappa shape index (κ2) is 6.18. The van der Waals surface area contributed by atoms with Crippen LogP contribution in [0.1, 0.15) is 19.3 Å². The summed E-state index contributed by atoms with van der Waals surface area (Å²) < 4.78 is 15.0. The summed E-state index contributed by atoms with van der Waals surface area (Å²) in [5.74, 6) is -0.619. The summed E-state index contributed by atoms with van der Waals surface area (Å²) in [6.07, 6.45) is 2.80. The van der Waals surface area contributed by atoms with Crippen LogP contribution in [-0.4, -0.2) is 31.5 Å². The van der Waals surface area contributed by atoms with Gasteiger partial charge in [-0.25, -0.2) is 0 Å². The Morgan fingerprint density at radius 2 is 2.38 bits per heavy atom. The smallest absolute Gasteiger partial charge is 0.322 e. The van der Waals surface area contributed by atoms with Gasteiger partial charge in [0.05, 0.1) is 0 Å². The first-order valence-corrected chi connectivity index (χ1v) is 4.81. The van der Waals surface area contributed by atoms with E-state index in [1.807, 2.05) is 0 Å². The van der Waals surface area contributed by atoms with Crippen LogP contribution in [0.2, 0.25) is 0 Å². The van der Waals surface area contributed by atoms with E-state index in [2.05, 4.69) is 4.74 Å². The Kier molecular flexibility index (Phi) is 5.12. The van der Waals surface area contributed by atoms with Gasteiger partial charge in [-0.1, -0.05) is 0 Å². The standard InChI is InChI=1S/C8H13ClO4/c9-5-7(10)12-6-13-8-3-1-2-4-11-8/h8H,1-6H2. The number of esters is 1. The van der Waals surface area contributed by atoms with Gasteiger partial charge in [-0.05, 0) is 19.3 Å². The van der Waals surface area contributed by atoms with Crippen molar-refractivity contribution >= 4 is 17.6 Å². The Morgan fingerprint density at radius 1 is 1.54 bits per heavy atom. The summed E-state index contributed by atoms with van der Waals surface area (Å²) >= 11 is 5.21. The molecule has 1 aliphatic rings. The van der Waals surface area contributed by atoms with Crippen LogP contribution in [0.25, 0.3) is 0 Å². The van der Waals surface area contributed by atoms with Crippen LogP contribution in [-0.2, 0) is 19.0 Å². The maximum Gasteiger partial charge on any atom is 0.322 e. The van der Waals surface area contributed by atoms with E-state index in [1.54, 1.807) is 0 Å². The molecule has 1 heterocycles. The van der Waals surface area contributed by atoms with Gasteiger partial charge in [0.15, 0.2) is 13.1 Å². The predicted octanol–water partition coefficient (Wildman–Crippen LogP) is 1.27. The van der Waals surface area contributed by atoms with E-state index in [0.717, 1.165) is 19.3 Å². The van der Waals surface area contributed by atoms with Crippen molar-refractivity contribution in [1.29, 1.82) is 0 Å². The number of alkyl halides is 1. The van der Waals surface area contributed by atoms with Crippen molar-refractivity contribution in [3.63, 3.8) is 0 Å². The van der Waals surface area contributed by atoms with Crippen LogP contribution in [0.3, 0.4) is 0 Å². The molecule has 5 heteroatoms. The summed E-state index contributed by atoms with van der Waals surface area (Å²) in [6, 6.07) is 0. The van der Waals surface area contributed by atoms with Gasteiger partial charge in [-0.3, -0.25) is 4.79 Å². The zero-order valence-electron chi connectivity index (χ0n) is 7.33. The van der Waals surface area contributed by atoms with E-state index in [1.165, 1.54) is 0 Å². The monoisotopic (exact) mass is 208 g/mol. The first kappa shape index (κ1) is 10.8. The molecule has 1 aliphatic heterocycles. The number of hydrogen-bond acceptors (Lipinski definition) is 4. The summed E-state index contributed by atoms with van der Waals surface area (Å²) in [4.78, 5) is 10.6. The molecule has 1 fully saturated rings. The lowest BCUT2D eigenvalue weighted by molar-refractivity contribution is -0.209. The molecule has 0 N–H and O–H groups in total. The van der Waals surface area contributed by atoms with Gasteiger partial charge < -0.3 is 14.2 Å². The molecule has 76 valence electrons. The number of carbonyl (C=O) groups is 1. The highest BCUT2D eigenvalue weighted by Crippen LogP contribution is 2.13. The average molecular weight is 209 g/mol. The van der Waals surface area contributed by atoms with E-state index in [0.29, 0.717) is 6.61 Å². The molecule has 0 radical (unpaired) electrons. The molecule has 1 atom stereocenters. The number of carbonyl (C=O) groups excluding carboxylic acids is 1. The fourth-order valence-electron chi connectivity index (χ4n) is 1.06. The normalized spacial score (nSPS) is 22.7. The molecular formula is C8H13ClO4. The minimum atomic E-state index is -0.475. The maximum atomic E-state index is 10.6. The van der Waals surface area contributed by atoms with Crippen molar-refractivity contribution in [1.82, 2.24) is 0 Å². The van der Waals surface area contributed by atoms with Crippen LogP contribution in [0, 0.1) is 0 Å². The van der Waals surface area contributed by atoms with Crippen molar-refractivity contribution in [2.24, 2.45) is 0 Å². The third-order valence-electron chi connectivity index (χ3n) is 1.72. The van der Waals surface area contributed by atoms with Crippen molar-refractivity contribution in [3.8, 4) is 0 Å². The Labute approximate surface area is 82.1 Å². The number of halogens is 1. The van der Waals surface area contributed by atoms with Gasteiger partial charge >= 0.3 is 5.97 Å². The second-order valence-corrected chi connectivity index (χ2v) is 3.00. The Hall–Kier alpha value is -0.320. The average Bonchev–Trinajstić information content (AvgIpc) is 2.19. The Bertz CT molecular complexity index is 156. The zero-order valence-corrected chi connectivity index (χ0v) is 8.09. The molecule has 0 aliphatic carbocycles. The molecule has 0 aromatic carbocycles. The first-order chi connectivity index (χ1) is 6.33. The molecule has 1 unspecified atom stereocenters. The molecule has 0 aromatic heterocycles. The summed E-state index contributed by atoms with van der Waals surface area (Å²) in [5, 5.41) is 0. The lowest BCUT2D eigenvalue weighted by Gasteiger charge is -2.22. The summed E-state index contributed by atoms with van der Waals surface area (Å²) in [6.45, 7) is 0.643. The molecule has 0 bridgehead atoms. The topological polar surface area (TPSA) is 44.8 Å². The second-order valence-electron chi connectivity index (χ2n) is 2.73. The van der Waals surface area contributed by atoms with E-state index in [9.17, 15) is 4.79 Å². The van der Waals surface area contributed by atoms with E-state index in [-0.39, 0.29) is 19.0 Å². The molecule has 0 spiro atoms. The summed E-state index contributed by atoms with van der Waals surface area (Å²) in [7, 11) is 0. The fourth-order valence-corrected chi connectivity index (χ4v) is 1.13. The van der Waals surface area contributed by atoms with Crippen molar-refractivity contribution < 1.29 is 19.0 Å². The highest BCUT2D eigenvalue weighted by molar-refractivity contribution is 6.26. The number of hydrogen-bond donors (Lipinski definition) is 0. The van der Waals surface area contributed by atoms with Crippen molar-refractivity contribution in [2.75, 3.05) is 19.3 Å². The fraction of sp³-hybridized carbons (Fsp3) is 0.875. The largest absolute Gasteiger partial charge is 0.437 e. The summed E-state index contributed by atoms with van der Waals surface area (Å²) in [5.41, 5.74) is 0. The molecule has 0 amide bonds. The van der Waals surface area contributed by atoms with E-state index >= 15 is 0 Å². The van der Waals surface area contributed by atoms with Gasteiger partial charge in [0.1, 0.15) is 5.88 Å². The van der Waals surface area contributed by atoms with Crippen molar-refractivity contribution in [2.45, 2.75) is 25.6 Å². The minimum absolute atomic E-state index is 0.0732. The number of rotatable bonds is 4. The molecule has 1 saturated heterocycles. The molecule has 1 rings (SSSR count). The predicted molar refractivity (Wildman–Crippen MR) is 46.4 cm³/mol. The molecule has 13 heavy (non-hydrogen) atoms. The minimum Gasteiger partial charge on any atom is -0.437 e.